The van der Waals surface area contributed by atoms with Crippen molar-refractivity contribution in [3.63, 3.8) is 0 Å². The molecule has 0 saturated heterocycles. The van der Waals surface area contributed by atoms with Crippen molar-refractivity contribution >= 4 is 34.9 Å². The van der Waals surface area contributed by atoms with Crippen LogP contribution in [0.15, 0.2) is 24.3 Å². The summed E-state index contributed by atoms with van der Waals surface area (Å²) >= 11 is 12.1. The molecule has 1 heterocycles. The van der Waals surface area contributed by atoms with E-state index in [1.54, 1.807) is 6.07 Å². The Morgan fingerprint density at radius 1 is 1.13 bits per heavy atom. The van der Waals surface area contributed by atoms with Crippen LogP contribution in [0.3, 0.4) is 0 Å². The van der Waals surface area contributed by atoms with E-state index in [9.17, 15) is 15.0 Å². The van der Waals surface area contributed by atoms with E-state index in [0.717, 1.165) is 5.56 Å². The number of esters is 1. The average molecular weight is 354 g/mol. The Morgan fingerprint density at radius 3 is 2.48 bits per heavy atom. The molecule has 5 nitrogen and oxygen atoms in total. The minimum absolute atomic E-state index is 0.0176. The molecular formula is C16H13Cl2NO4. The van der Waals surface area contributed by atoms with Crippen LogP contribution >= 0.6 is 23.2 Å². The summed E-state index contributed by atoms with van der Waals surface area (Å²) in [6.45, 7) is 0.869. The van der Waals surface area contributed by atoms with Crippen LogP contribution in [0.5, 0.6) is 11.5 Å². The molecule has 120 valence electrons. The highest BCUT2D eigenvalue weighted by Gasteiger charge is 2.27. The number of benzene rings is 2. The zero-order chi connectivity index (χ0) is 16.7. The largest absolute Gasteiger partial charge is 0.507 e. The van der Waals surface area contributed by atoms with Crippen molar-refractivity contribution in [1.82, 2.24) is 0 Å². The first-order valence-corrected chi connectivity index (χ1v) is 7.53. The van der Waals surface area contributed by atoms with E-state index >= 15 is 0 Å². The second-order valence-corrected chi connectivity index (χ2v) is 6.01. The molecule has 2 N–H and O–H groups in total. The SMILES string of the molecule is COC(=O)c1ccc(N2Cc3c(Cl)cc(Cl)c(O)c3C2)cc1O. The number of fused-ring (bicyclic) bond motifs is 1. The molecule has 3 rings (SSSR count). The van der Waals surface area contributed by atoms with Gasteiger partial charge in [0.1, 0.15) is 17.1 Å². The molecule has 0 atom stereocenters. The zero-order valence-corrected chi connectivity index (χ0v) is 13.6. The van der Waals surface area contributed by atoms with Crippen molar-refractivity contribution in [2.45, 2.75) is 13.1 Å². The smallest absolute Gasteiger partial charge is 0.341 e. The molecule has 1 aliphatic rings. The van der Waals surface area contributed by atoms with Crippen LogP contribution in [0.25, 0.3) is 0 Å². The molecule has 0 amide bonds. The minimum atomic E-state index is -0.605. The minimum Gasteiger partial charge on any atom is -0.507 e. The first-order valence-electron chi connectivity index (χ1n) is 6.77. The van der Waals surface area contributed by atoms with Crippen LogP contribution in [-0.4, -0.2) is 23.3 Å². The van der Waals surface area contributed by atoms with E-state index in [1.807, 2.05) is 4.90 Å². The van der Waals surface area contributed by atoms with Gasteiger partial charge in [-0.15, -0.1) is 0 Å². The fourth-order valence-corrected chi connectivity index (χ4v) is 3.22. The summed E-state index contributed by atoms with van der Waals surface area (Å²) in [5, 5.41) is 20.8. The molecule has 0 unspecified atom stereocenters. The van der Waals surface area contributed by atoms with Crippen molar-refractivity contribution < 1.29 is 19.7 Å². The quantitative estimate of drug-likeness (QED) is 0.805. The molecule has 0 aromatic heterocycles. The Kier molecular flexibility index (Phi) is 4.00. The van der Waals surface area contributed by atoms with Gasteiger partial charge < -0.3 is 19.8 Å². The number of nitrogens with zero attached hydrogens (tertiary/aromatic N) is 1. The molecule has 0 saturated carbocycles. The van der Waals surface area contributed by atoms with Gasteiger partial charge in [-0.25, -0.2) is 4.79 Å². The molecule has 1 aliphatic heterocycles. The van der Waals surface area contributed by atoms with Crippen molar-refractivity contribution in [3.8, 4) is 11.5 Å². The Balaban J connectivity index is 1.94. The molecule has 0 radical (unpaired) electrons. The number of methoxy groups -OCH3 is 1. The summed E-state index contributed by atoms with van der Waals surface area (Å²) in [5.74, 6) is -0.756. The van der Waals surface area contributed by atoms with E-state index < -0.39 is 5.97 Å². The lowest BCUT2D eigenvalue weighted by Gasteiger charge is -2.18. The van der Waals surface area contributed by atoms with Gasteiger partial charge in [-0.3, -0.25) is 0 Å². The zero-order valence-electron chi connectivity index (χ0n) is 12.1. The van der Waals surface area contributed by atoms with Crippen LogP contribution in [-0.2, 0) is 17.8 Å². The third-order valence-electron chi connectivity index (χ3n) is 3.87. The van der Waals surface area contributed by atoms with Gasteiger partial charge in [-0.05, 0) is 23.8 Å². The summed E-state index contributed by atoms with van der Waals surface area (Å²) in [6.07, 6.45) is 0. The molecule has 0 bridgehead atoms. The maximum absolute atomic E-state index is 11.5. The predicted molar refractivity (Wildman–Crippen MR) is 87.5 cm³/mol. The highest BCUT2D eigenvalue weighted by molar-refractivity contribution is 6.36. The number of anilines is 1. The maximum Gasteiger partial charge on any atom is 0.341 e. The van der Waals surface area contributed by atoms with Crippen molar-refractivity contribution in [2.75, 3.05) is 12.0 Å². The fraction of sp³-hybridized carbons (Fsp3) is 0.188. The Bertz CT molecular complexity index is 807. The van der Waals surface area contributed by atoms with Crippen LogP contribution < -0.4 is 4.90 Å². The Hall–Kier alpha value is -2.11. The van der Waals surface area contributed by atoms with Gasteiger partial charge in [0.15, 0.2) is 0 Å². The van der Waals surface area contributed by atoms with E-state index in [4.69, 9.17) is 23.2 Å². The lowest BCUT2D eigenvalue weighted by Crippen LogP contribution is -2.14. The standard InChI is InChI=1S/C16H13Cl2NO4/c1-23-16(22)9-3-2-8(4-14(9)20)19-6-10-11(7-19)15(21)13(18)5-12(10)17/h2-5,20-21H,6-7H2,1H3. The molecule has 23 heavy (non-hydrogen) atoms. The van der Waals surface area contributed by atoms with Gasteiger partial charge >= 0.3 is 5.97 Å². The lowest BCUT2D eigenvalue weighted by atomic mass is 10.1. The second kappa shape index (κ2) is 5.83. The molecule has 0 aliphatic carbocycles. The number of ether oxygens (including phenoxy) is 1. The Morgan fingerprint density at radius 2 is 1.83 bits per heavy atom. The third kappa shape index (κ3) is 2.66. The van der Waals surface area contributed by atoms with Crippen LogP contribution in [0.4, 0.5) is 5.69 Å². The van der Waals surface area contributed by atoms with Crippen LogP contribution in [0.1, 0.15) is 21.5 Å². The van der Waals surface area contributed by atoms with Gasteiger partial charge in [0.2, 0.25) is 0 Å². The number of aromatic hydroxyl groups is 2. The van der Waals surface area contributed by atoms with Gasteiger partial charge in [0, 0.05) is 35.4 Å². The molecule has 2 aromatic rings. The maximum atomic E-state index is 11.5. The monoisotopic (exact) mass is 353 g/mol. The van der Waals surface area contributed by atoms with Crippen LogP contribution in [0.2, 0.25) is 10.0 Å². The number of hydrogen-bond acceptors (Lipinski definition) is 5. The van der Waals surface area contributed by atoms with Gasteiger partial charge in [-0.2, -0.15) is 0 Å². The van der Waals surface area contributed by atoms with E-state index in [0.29, 0.717) is 29.4 Å². The van der Waals surface area contributed by atoms with Gasteiger partial charge in [-0.1, -0.05) is 23.2 Å². The summed E-state index contributed by atoms with van der Waals surface area (Å²) in [7, 11) is 1.25. The number of rotatable bonds is 2. The number of hydrogen-bond donors (Lipinski definition) is 2. The van der Waals surface area contributed by atoms with Crippen molar-refractivity contribution in [1.29, 1.82) is 0 Å². The third-order valence-corrected chi connectivity index (χ3v) is 4.49. The molecule has 7 heteroatoms. The van der Waals surface area contributed by atoms with E-state index in [-0.39, 0.29) is 22.1 Å². The molecule has 2 aromatic carbocycles. The number of phenols is 2. The fourth-order valence-electron chi connectivity index (χ4n) is 2.66. The molecule has 0 fully saturated rings. The highest BCUT2D eigenvalue weighted by Crippen LogP contribution is 2.42. The predicted octanol–water partition coefficient (Wildman–Crippen LogP) is 3.71. The Labute approximate surface area is 142 Å². The van der Waals surface area contributed by atoms with Gasteiger partial charge in [0.05, 0.1) is 12.1 Å². The van der Waals surface area contributed by atoms with Crippen molar-refractivity contribution in [3.05, 3.63) is 51.0 Å². The topological polar surface area (TPSA) is 70.0 Å². The molecular weight excluding hydrogens is 341 g/mol. The number of carbonyl (C=O) groups is 1. The first-order chi connectivity index (χ1) is 10.9. The normalized spacial score (nSPS) is 13.1. The summed E-state index contributed by atoms with van der Waals surface area (Å²) in [5.41, 5.74) is 2.25. The van der Waals surface area contributed by atoms with E-state index in [1.165, 1.54) is 25.3 Å². The number of carbonyl (C=O) groups excluding carboxylic acids is 1. The lowest BCUT2D eigenvalue weighted by molar-refractivity contribution is 0.0597. The first kappa shape index (κ1) is 15.8. The van der Waals surface area contributed by atoms with Gasteiger partial charge in [0.25, 0.3) is 0 Å². The number of halogens is 2. The highest BCUT2D eigenvalue weighted by atomic mass is 35.5. The van der Waals surface area contributed by atoms with E-state index in [2.05, 4.69) is 4.74 Å². The van der Waals surface area contributed by atoms with Crippen molar-refractivity contribution in [2.24, 2.45) is 0 Å². The van der Waals surface area contributed by atoms with Crippen LogP contribution in [0, 0.1) is 0 Å². The summed E-state index contributed by atoms with van der Waals surface area (Å²) < 4.78 is 4.60. The average Bonchev–Trinajstić information content (AvgIpc) is 2.98. The second-order valence-electron chi connectivity index (χ2n) is 5.20. The summed E-state index contributed by atoms with van der Waals surface area (Å²) in [6, 6.07) is 6.18. The number of phenolic OH excluding ortho intramolecular Hbond substituents is 2. The summed E-state index contributed by atoms with van der Waals surface area (Å²) in [4.78, 5) is 13.4. The molecule has 0 spiro atoms.